The summed E-state index contributed by atoms with van der Waals surface area (Å²) in [7, 11) is 0. The first-order valence-electron chi connectivity index (χ1n) is 4.27. The molecule has 0 atom stereocenters. The molecule has 0 aliphatic heterocycles. The zero-order valence-corrected chi connectivity index (χ0v) is 7.93. The van der Waals surface area contributed by atoms with Crippen LogP contribution < -0.4 is 5.73 Å². The average Bonchev–Trinajstić information content (AvgIpc) is 2.14. The van der Waals surface area contributed by atoms with Crippen molar-refractivity contribution < 1.29 is 4.92 Å². The fourth-order valence-electron chi connectivity index (χ4n) is 1.19. The summed E-state index contributed by atoms with van der Waals surface area (Å²) in [6, 6.07) is 4.98. The van der Waals surface area contributed by atoms with Gasteiger partial charge in [-0.2, -0.15) is 0 Å². The van der Waals surface area contributed by atoms with E-state index in [0.29, 0.717) is 12.1 Å². The van der Waals surface area contributed by atoms with Crippen molar-refractivity contribution in [3.05, 3.63) is 45.5 Å². The second-order valence-corrected chi connectivity index (χ2v) is 2.94. The molecule has 2 N–H and O–H groups in total. The first kappa shape index (κ1) is 10.4. The molecule has 0 radical (unpaired) electrons. The predicted molar refractivity (Wildman–Crippen MR) is 55.9 cm³/mol. The van der Waals surface area contributed by atoms with Gasteiger partial charge in [-0.15, -0.1) is 0 Å². The second kappa shape index (κ2) is 4.53. The van der Waals surface area contributed by atoms with Crippen LogP contribution in [0.3, 0.4) is 0 Å². The molecular formula is C10H12N2O2. The largest absolute Gasteiger partial charge is 0.327 e. The Balaban J connectivity index is 3.00. The lowest BCUT2D eigenvalue weighted by Crippen LogP contribution is -1.93. The second-order valence-electron chi connectivity index (χ2n) is 2.94. The Labute approximate surface area is 82.2 Å². The van der Waals surface area contributed by atoms with Crippen molar-refractivity contribution in [3.63, 3.8) is 0 Å². The molecule has 14 heavy (non-hydrogen) atoms. The minimum Gasteiger partial charge on any atom is -0.327 e. The summed E-state index contributed by atoms with van der Waals surface area (Å²) in [5.74, 6) is 0. The summed E-state index contributed by atoms with van der Waals surface area (Å²) >= 11 is 0. The molecule has 4 heteroatoms. The third-order valence-electron chi connectivity index (χ3n) is 1.86. The monoisotopic (exact) mass is 192 g/mol. The topological polar surface area (TPSA) is 69.2 Å². The molecule has 1 aromatic carbocycles. The molecule has 1 rings (SSSR count). The van der Waals surface area contributed by atoms with E-state index in [1.165, 1.54) is 6.07 Å². The summed E-state index contributed by atoms with van der Waals surface area (Å²) in [5.41, 5.74) is 7.04. The van der Waals surface area contributed by atoms with Crippen molar-refractivity contribution in [3.8, 4) is 0 Å². The quantitative estimate of drug-likeness (QED) is 0.587. The van der Waals surface area contributed by atoms with Gasteiger partial charge in [0.05, 0.1) is 4.92 Å². The molecule has 1 aromatic rings. The van der Waals surface area contributed by atoms with E-state index in [1.807, 2.05) is 6.08 Å². The van der Waals surface area contributed by atoms with Crippen molar-refractivity contribution in [2.45, 2.75) is 6.92 Å². The van der Waals surface area contributed by atoms with Crippen molar-refractivity contribution in [1.82, 2.24) is 0 Å². The van der Waals surface area contributed by atoms with Crippen LogP contribution in [0.2, 0.25) is 0 Å². The Morgan fingerprint density at radius 3 is 2.79 bits per heavy atom. The van der Waals surface area contributed by atoms with Crippen LogP contribution in [0.15, 0.2) is 24.3 Å². The zero-order valence-electron chi connectivity index (χ0n) is 7.93. The van der Waals surface area contributed by atoms with Gasteiger partial charge in [0.2, 0.25) is 0 Å². The normalized spacial score (nSPS) is 10.7. The highest BCUT2D eigenvalue weighted by molar-refractivity contribution is 5.55. The molecule has 0 saturated heterocycles. The van der Waals surface area contributed by atoms with E-state index in [9.17, 15) is 10.1 Å². The molecule has 0 bridgehead atoms. The zero-order chi connectivity index (χ0) is 10.6. The number of nitrogens with zero attached hydrogens (tertiary/aromatic N) is 1. The Kier molecular flexibility index (Phi) is 3.36. The third kappa shape index (κ3) is 2.40. The van der Waals surface area contributed by atoms with Gasteiger partial charge < -0.3 is 5.73 Å². The van der Waals surface area contributed by atoms with Crippen LogP contribution in [0.25, 0.3) is 6.08 Å². The molecule has 0 aliphatic rings. The van der Waals surface area contributed by atoms with E-state index in [4.69, 9.17) is 5.73 Å². The molecule has 0 aromatic heterocycles. The van der Waals surface area contributed by atoms with Crippen LogP contribution in [-0.2, 0) is 0 Å². The number of nitrogens with two attached hydrogens (primary N) is 1. The smallest absolute Gasteiger partial charge is 0.272 e. The maximum Gasteiger partial charge on any atom is 0.272 e. The van der Waals surface area contributed by atoms with Gasteiger partial charge in [0.25, 0.3) is 5.69 Å². The van der Waals surface area contributed by atoms with E-state index in [2.05, 4.69) is 0 Å². The summed E-state index contributed by atoms with van der Waals surface area (Å²) < 4.78 is 0. The van der Waals surface area contributed by atoms with Crippen molar-refractivity contribution in [2.75, 3.05) is 6.54 Å². The molecule has 0 aliphatic carbocycles. The van der Waals surface area contributed by atoms with Gasteiger partial charge in [0.1, 0.15) is 0 Å². The Bertz CT molecular complexity index is 372. The minimum atomic E-state index is -0.383. The number of hydrogen-bond donors (Lipinski definition) is 1. The number of rotatable bonds is 3. The highest BCUT2D eigenvalue weighted by atomic mass is 16.6. The van der Waals surface area contributed by atoms with Gasteiger partial charge in [0, 0.05) is 18.2 Å². The summed E-state index contributed by atoms with van der Waals surface area (Å²) in [4.78, 5) is 10.1. The molecule has 0 saturated carbocycles. The lowest BCUT2D eigenvalue weighted by atomic mass is 10.1. The van der Waals surface area contributed by atoms with E-state index in [0.717, 1.165) is 5.56 Å². The Morgan fingerprint density at radius 2 is 2.29 bits per heavy atom. The van der Waals surface area contributed by atoms with Gasteiger partial charge in [-0.05, 0) is 24.6 Å². The molecule has 74 valence electrons. The number of nitro benzene ring substituents is 1. The maximum atomic E-state index is 10.5. The molecule has 0 unspecified atom stereocenters. The average molecular weight is 192 g/mol. The predicted octanol–water partition coefficient (Wildman–Crippen LogP) is 1.88. The van der Waals surface area contributed by atoms with Crippen molar-refractivity contribution in [1.29, 1.82) is 0 Å². The number of aryl methyl sites for hydroxylation is 1. The van der Waals surface area contributed by atoms with E-state index in [-0.39, 0.29) is 10.6 Å². The molecular weight excluding hydrogens is 180 g/mol. The van der Waals surface area contributed by atoms with Crippen LogP contribution in [0.5, 0.6) is 0 Å². The van der Waals surface area contributed by atoms with Crippen LogP contribution >= 0.6 is 0 Å². The number of nitro groups is 1. The van der Waals surface area contributed by atoms with Gasteiger partial charge >= 0.3 is 0 Å². The van der Waals surface area contributed by atoms with Crippen molar-refractivity contribution in [2.24, 2.45) is 5.73 Å². The summed E-state index contributed by atoms with van der Waals surface area (Å²) in [6.45, 7) is 2.19. The van der Waals surface area contributed by atoms with Crippen molar-refractivity contribution >= 4 is 11.8 Å². The van der Waals surface area contributed by atoms with Gasteiger partial charge in [-0.1, -0.05) is 12.2 Å². The fourth-order valence-corrected chi connectivity index (χ4v) is 1.19. The maximum absolute atomic E-state index is 10.5. The number of hydrogen-bond acceptors (Lipinski definition) is 3. The lowest BCUT2D eigenvalue weighted by molar-refractivity contribution is -0.385. The first-order chi connectivity index (χ1) is 6.65. The highest BCUT2D eigenvalue weighted by Crippen LogP contribution is 2.19. The number of benzene rings is 1. The first-order valence-corrected chi connectivity index (χ1v) is 4.27. The van der Waals surface area contributed by atoms with Crippen LogP contribution in [0, 0.1) is 17.0 Å². The van der Waals surface area contributed by atoms with E-state index < -0.39 is 0 Å². The Hall–Kier alpha value is -1.68. The van der Waals surface area contributed by atoms with Crippen LogP contribution in [0.4, 0.5) is 5.69 Å². The highest BCUT2D eigenvalue weighted by Gasteiger charge is 2.08. The molecule has 0 amide bonds. The van der Waals surface area contributed by atoms with Crippen LogP contribution in [0.1, 0.15) is 11.1 Å². The SMILES string of the molecule is Cc1cc(C=CCN)ccc1[N+](=O)[O-]. The standard InChI is InChI=1S/C10H12N2O2/c1-8-7-9(3-2-6-11)4-5-10(8)12(13)14/h2-5,7H,6,11H2,1H3. The van der Waals surface area contributed by atoms with Gasteiger partial charge in [-0.3, -0.25) is 10.1 Å². The van der Waals surface area contributed by atoms with Gasteiger partial charge in [0.15, 0.2) is 0 Å². The minimum absolute atomic E-state index is 0.148. The van der Waals surface area contributed by atoms with Gasteiger partial charge in [-0.25, -0.2) is 0 Å². The third-order valence-corrected chi connectivity index (χ3v) is 1.86. The van der Waals surface area contributed by atoms with E-state index >= 15 is 0 Å². The summed E-state index contributed by atoms with van der Waals surface area (Å²) in [6.07, 6.45) is 3.65. The van der Waals surface area contributed by atoms with Crippen LogP contribution in [-0.4, -0.2) is 11.5 Å². The fraction of sp³-hybridized carbons (Fsp3) is 0.200. The summed E-state index contributed by atoms with van der Waals surface area (Å²) in [5, 5.41) is 10.5. The molecule has 4 nitrogen and oxygen atoms in total. The molecule has 0 heterocycles. The molecule has 0 fully saturated rings. The lowest BCUT2D eigenvalue weighted by Gasteiger charge is -1.98. The Morgan fingerprint density at radius 1 is 1.57 bits per heavy atom. The molecule has 0 spiro atoms. The van der Waals surface area contributed by atoms with E-state index in [1.54, 1.807) is 25.1 Å².